The lowest BCUT2D eigenvalue weighted by atomic mass is 10.1. The second-order valence-electron chi connectivity index (χ2n) is 3.97. The van der Waals surface area contributed by atoms with Gasteiger partial charge in [-0.15, -0.1) is 0 Å². The molecule has 19 heavy (non-hydrogen) atoms. The lowest BCUT2D eigenvalue weighted by Gasteiger charge is -2.07. The van der Waals surface area contributed by atoms with Crippen LogP contribution >= 0.6 is 27.5 Å². The molecule has 0 aliphatic heterocycles. The van der Waals surface area contributed by atoms with Gasteiger partial charge in [-0.2, -0.15) is 0 Å². The van der Waals surface area contributed by atoms with E-state index < -0.39 is 0 Å². The molecule has 3 nitrogen and oxygen atoms in total. The summed E-state index contributed by atoms with van der Waals surface area (Å²) in [4.78, 5) is 11.9. The number of amides is 1. The molecule has 0 saturated heterocycles. The van der Waals surface area contributed by atoms with Crippen LogP contribution in [0.2, 0.25) is 5.02 Å². The fourth-order valence-corrected chi connectivity index (χ4v) is 2.01. The summed E-state index contributed by atoms with van der Waals surface area (Å²) in [6, 6.07) is 12.0. The zero-order valence-electron chi connectivity index (χ0n) is 9.86. The molecule has 2 rings (SSSR count). The quantitative estimate of drug-likeness (QED) is 0.894. The largest absolute Gasteiger partial charge is 0.507 e. The van der Waals surface area contributed by atoms with Gasteiger partial charge in [0, 0.05) is 16.0 Å². The molecule has 0 spiro atoms. The number of carbonyl (C=O) groups is 1. The van der Waals surface area contributed by atoms with E-state index in [2.05, 4.69) is 21.2 Å². The summed E-state index contributed by atoms with van der Waals surface area (Å²) in [5, 5.41) is 12.8. The van der Waals surface area contributed by atoms with Crippen molar-refractivity contribution in [2.45, 2.75) is 6.54 Å². The summed E-state index contributed by atoms with van der Waals surface area (Å²) < 4.78 is 0.982. The van der Waals surface area contributed by atoms with Gasteiger partial charge in [0.1, 0.15) is 5.75 Å². The van der Waals surface area contributed by atoms with Gasteiger partial charge in [0.15, 0.2) is 0 Å². The average molecular weight is 341 g/mol. The van der Waals surface area contributed by atoms with E-state index in [-0.39, 0.29) is 17.2 Å². The number of halogens is 2. The lowest BCUT2D eigenvalue weighted by molar-refractivity contribution is 0.0948. The van der Waals surface area contributed by atoms with Crippen molar-refractivity contribution in [3.8, 4) is 5.75 Å². The molecular weight excluding hydrogens is 330 g/mol. The molecule has 0 aliphatic carbocycles. The van der Waals surface area contributed by atoms with E-state index in [0.29, 0.717) is 11.6 Å². The van der Waals surface area contributed by atoms with Crippen molar-refractivity contribution in [1.29, 1.82) is 0 Å². The molecule has 0 atom stereocenters. The Morgan fingerprint density at radius 2 is 1.89 bits per heavy atom. The standard InChI is InChI=1S/C14H11BrClNO2/c15-10-3-1-9(2-4-10)8-17-14(19)12-7-11(16)5-6-13(12)18/h1-7,18H,8H2,(H,17,19). The fourth-order valence-electron chi connectivity index (χ4n) is 1.57. The highest BCUT2D eigenvalue weighted by Crippen LogP contribution is 2.21. The number of rotatable bonds is 3. The van der Waals surface area contributed by atoms with Gasteiger partial charge in [0.25, 0.3) is 5.91 Å². The first kappa shape index (κ1) is 13.9. The molecular formula is C14H11BrClNO2. The third-order valence-corrected chi connectivity index (χ3v) is 3.33. The highest BCUT2D eigenvalue weighted by atomic mass is 79.9. The first-order valence-corrected chi connectivity index (χ1v) is 6.74. The third-order valence-electron chi connectivity index (χ3n) is 2.57. The van der Waals surface area contributed by atoms with Gasteiger partial charge in [0.05, 0.1) is 5.56 Å². The fraction of sp³-hybridized carbons (Fsp3) is 0.0714. The predicted molar refractivity (Wildman–Crippen MR) is 78.4 cm³/mol. The van der Waals surface area contributed by atoms with Crippen LogP contribution < -0.4 is 5.32 Å². The molecule has 0 aromatic heterocycles. The van der Waals surface area contributed by atoms with Crippen LogP contribution in [0, 0.1) is 0 Å². The van der Waals surface area contributed by atoms with E-state index in [4.69, 9.17) is 11.6 Å². The molecule has 0 unspecified atom stereocenters. The molecule has 1 amide bonds. The second kappa shape index (κ2) is 6.08. The van der Waals surface area contributed by atoms with Gasteiger partial charge in [0.2, 0.25) is 0 Å². The van der Waals surface area contributed by atoms with E-state index in [9.17, 15) is 9.90 Å². The Balaban J connectivity index is 2.05. The molecule has 98 valence electrons. The number of benzene rings is 2. The van der Waals surface area contributed by atoms with Gasteiger partial charge >= 0.3 is 0 Å². The van der Waals surface area contributed by atoms with Gasteiger partial charge in [-0.3, -0.25) is 4.79 Å². The SMILES string of the molecule is O=C(NCc1ccc(Br)cc1)c1cc(Cl)ccc1O. The summed E-state index contributed by atoms with van der Waals surface area (Å²) in [6.07, 6.45) is 0. The van der Waals surface area contributed by atoms with Gasteiger partial charge in [-0.1, -0.05) is 39.7 Å². The minimum Gasteiger partial charge on any atom is -0.507 e. The summed E-state index contributed by atoms with van der Waals surface area (Å²) in [5.74, 6) is -0.444. The number of hydrogen-bond acceptors (Lipinski definition) is 2. The van der Waals surface area contributed by atoms with Crippen molar-refractivity contribution in [3.63, 3.8) is 0 Å². The van der Waals surface area contributed by atoms with E-state index in [0.717, 1.165) is 10.0 Å². The van der Waals surface area contributed by atoms with Crippen molar-refractivity contribution in [2.24, 2.45) is 0 Å². The molecule has 0 aliphatic rings. The highest BCUT2D eigenvalue weighted by molar-refractivity contribution is 9.10. The van der Waals surface area contributed by atoms with Crippen LogP contribution in [0.5, 0.6) is 5.75 Å². The Hall–Kier alpha value is -1.52. The maximum absolute atomic E-state index is 11.9. The molecule has 2 N–H and O–H groups in total. The molecule has 0 heterocycles. The Morgan fingerprint density at radius 3 is 2.58 bits per heavy atom. The maximum atomic E-state index is 11.9. The summed E-state index contributed by atoms with van der Waals surface area (Å²) >= 11 is 9.14. The average Bonchev–Trinajstić information content (AvgIpc) is 2.40. The van der Waals surface area contributed by atoms with E-state index in [1.807, 2.05) is 24.3 Å². The monoisotopic (exact) mass is 339 g/mol. The van der Waals surface area contributed by atoms with Crippen LogP contribution in [0.4, 0.5) is 0 Å². The van der Waals surface area contributed by atoms with Crippen molar-refractivity contribution in [3.05, 3.63) is 63.1 Å². The van der Waals surface area contributed by atoms with E-state index in [1.165, 1.54) is 18.2 Å². The van der Waals surface area contributed by atoms with Crippen LogP contribution in [0.25, 0.3) is 0 Å². The summed E-state index contributed by atoms with van der Waals surface area (Å²) in [6.45, 7) is 0.387. The number of hydrogen-bond donors (Lipinski definition) is 2. The van der Waals surface area contributed by atoms with Crippen molar-refractivity contribution in [1.82, 2.24) is 5.32 Å². The van der Waals surface area contributed by atoms with Crippen molar-refractivity contribution in [2.75, 3.05) is 0 Å². The van der Waals surface area contributed by atoms with Gasteiger partial charge in [-0.25, -0.2) is 0 Å². The second-order valence-corrected chi connectivity index (χ2v) is 5.32. The Kier molecular flexibility index (Phi) is 4.45. The molecule has 2 aromatic rings. The summed E-state index contributed by atoms with van der Waals surface area (Å²) in [5.41, 5.74) is 1.14. The predicted octanol–water partition coefficient (Wildman–Crippen LogP) is 3.74. The topological polar surface area (TPSA) is 49.3 Å². The molecule has 5 heteroatoms. The first-order valence-electron chi connectivity index (χ1n) is 5.57. The smallest absolute Gasteiger partial charge is 0.255 e. The minimum atomic E-state index is -0.358. The number of phenols is 1. The van der Waals surface area contributed by atoms with Crippen molar-refractivity contribution < 1.29 is 9.90 Å². The summed E-state index contributed by atoms with van der Waals surface area (Å²) in [7, 11) is 0. The minimum absolute atomic E-state index is 0.0855. The zero-order valence-corrected chi connectivity index (χ0v) is 12.2. The zero-order chi connectivity index (χ0) is 13.8. The normalized spacial score (nSPS) is 10.2. The molecule has 0 saturated carbocycles. The van der Waals surface area contributed by atoms with Crippen LogP contribution in [0.15, 0.2) is 46.9 Å². The van der Waals surface area contributed by atoms with E-state index >= 15 is 0 Å². The number of phenolic OH excluding ortho intramolecular Hbond substituents is 1. The van der Waals surface area contributed by atoms with Crippen LogP contribution in [0.3, 0.4) is 0 Å². The van der Waals surface area contributed by atoms with Crippen LogP contribution in [-0.4, -0.2) is 11.0 Å². The highest BCUT2D eigenvalue weighted by Gasteiger charge is 2.11. The first-order chi connectivity index (χ1) is 9.06. The van der Waals surface area contributed by atoms with Crippen LogP contribution in [-0.2, 0) is 6.54 Å². The molecule has 0 radical (unpaired) electrons. The Labute approximate surface area is 124 Å². The molecule has 0 fully saturated rings. The Morgan fingerprint density at radius 1 is 1.21 bits per heavy atom. The molecule has 2 aromatic carbocycles. The Bertz CT molecular complexity index is 599. The third kappa shape index (κ3) is 3.72. The number of aromatic hydroxyl groups is 1. The molecule has 0 bridgehead atoms. The lowest BCUT2D eigenvalue weighted by Crippen LogP contribution is -2.22. The van der Waals surface area contributed by atoms with Gasteiger partial charge in [-0.05, 0) is 35.9 Å². The van der Waals surface area contributed by atoms with Gasteiger partial charge < -0.3 is 10.4 Å². The van der Waals surface area contributed by atoms with Crippen molar-refractivity contribution >= 4 is 33.4 Å². The van der Waals surface area contributed by atoms with Crippen LogP contribution in [0.1, 0.15) is 15.9 Å². The number of nitrogens with one attached hydrogen (secondary N) is 1. The van der Waals surface area contributed by atoms with E-state index in [1.54, 1.807) is 0 Å². The number of carbonyl (C=O) groups excluding carboxylic acids is 1. The maximum Gasteiger partial charge on any atom is 0.255 e.